The average molecular weight is 271 g/mol. The minimum Gasteiger partial charge on any atom is -0.399 e. The molecule has 0 aromatic heterocycles. The van der Waals surface area contributed by atoms with E-state index >= 15 is 0 Å². The summed E-state index contributed by atoms with van der Waals surface area (Å²) in [5, 5.41) is 9.43. The van der Waals surface area contributed by atoms with Gasteiger partial charge in [0.05, 0.1) is 29.9 Å². The lowest BCUT2D eigenvalue weighted by Crippen LogP contribution is -2.47. The number of carbonyl (C=O) groups excluding carboxylic acids is 1. The Balaban J connectivity index is 2.17. The van der Waals surface area contributed by atoms with E-state index in [9.17, 15) is 4.79 Å². The Morgan fingerprint density at radius 2 is 2.39 bits per heavy atom. The molecule has 1 aromatic rings. The van der Waals surface area contributed by atoms with Gasteiger partial charge in [0.15, 0.2) is 0 Å². The number of aliphatic hydroxyl groups excluding tert-OH is 1. The van der Waals surface area contributed by atoms with Crippen molar-refractivity contribution in [1.29, 1.82) is 0 Å². The highest BCUT2D eigenvalue weighted by Crippen LogP contribution is 2.21. The molecule has 1 aromatic carbocycles. The molecule has 1 fully saturated rings. The molecule has 1 aliphatic rings. The van der Waals surface area contributed by atoms with Gasteiger partial charge in [0.2, 0.25) is 0 Å². The van der Waals surface area contributed by atoms with Crippen LogP contribution in [-0.2, 0) is 4.74 Å². The molecule has 1 saturated heterocycles. The fourth-order valence-electron chi connectivity index (χ4n) is 1.89. The summed E-state index contributed by atoms with van der Waals surface area (Å²) in [6.07, 6.45) is -0.331. The summed E-state index contributed by atoms with van der Waals surface area (Å²) >= 11 is 6.00. The number of aliphatic hydroxyl groups is 1. The van der Waals surface area contributed by atoms with Crippen LogP contribution in [0.3, 0.4) is 0 Å². The highest BCUT2D eigenvalue weighted by atomic mass is 35.5. The number of rotatable bonds is 2. The average Bonchev–Trinajstić information content (AvgIpc) is 2.41. The lowest BCUT2D eigenvalue weighted by atomic mass is 10.1. The molecule has 2 rings (SSSR count). The number of nitrogens with two attached hydrogens (primary N) is 1. The highest BCUT2D eigenvalue weighted by molar-refractivity contribution is 6.34. The van der Waals surface area contributed by atoms with E-state index in [1.54, 1.807) is 23.1 Å². The topological polar surface area (TPSA) is 75.8 Å². The molecule has 18 heavy (non-hydrogen) atoms. The maximum absolute atomic E-state index is 12.3. The number of anilines is 1. The number of nitrogens with zero attached hydrogens (tertiary/aromatic N) is 1. The summed E-state index contributed by atoms with van der Waals surface area (Å²) in [6.45, 7) is 1.16. The van der Waals surface area contributed by atoms with Crippen molar-refractivity contribution in [2.45, 2.75) is 6.10 Å². The minimum absolute atomic E-state index is 0.103. The molecule has 1 unspecified atom stereocenters. The number of morpholine rings is 1. The first-order valence-electron chi connectivity index (χ1n) is 5.68. The summed E-state index contributed by atoms with van der Waals surface area (Å²) in [7, 11) is 0. The molecule has 5 nitrogen and oxygen atoms in total. The predicted molar refractivity (Wildman–Crippen MR) is 68.6 cm³/mol. The minimum atomic E-state index is -0.331. The second kappa shape index (κ2) is 5.56. The van der Waals surface area contributed by atoms with Crippen LogP contribution in [0.4, 0.5) is 5.69 Å². The summed E-state index contributed by atoms with van der Waals surface area (Å²) in [5.74, 6) is -0.186. The molecule has 1 amide bonds. The Hall–Kier alpha value is -1.30. The molecule has 1 aliphatic heterocycles. The molecule has 0 aliphatic carbocycles. The number of ether oxygens (including phenoxy) is 1. The number of carbonyl (C=O) groups is 1. The fourth-order valence-corrected chi connectivity index (χ4v) is 2.09. The third kappa shape index (κ3) is 2.75. The van der Waals surface area contributed by atoms with Crippen molar-refractivity contribution in [2.24, 2.45) is 0 Å². The van der Waals surface area contributed by atoms with Crippen molar-refractivity contribution in [3.63, 3.8) is 0 Å². The van der Waals surface area contributed by atoms with Gasteiger partial charge >= 0.3 is 0 Å². The van der Waals surface area contributed by atoms with Crippen LogP contribution in [0.15, 0.2) is 18.2 Å². The van der Waals surface area contributed by atoms with Crippen LogP contribution in [-0.4, -0.2) is 48.3 Å². The summed E-state index contributed by atoms with van der Waals surface area (Å²) in [5.41, 5.74) is 6.53. The molecule has 0 bridgehead atoms. The van der Waals surface area contributed by atoms with Crippen LogP contribution in [0.2, 0.25) is 5.02 Å². The molecule has 1 heterocycles. The van der Waals surface area contributed by atoms with Gasteiger partial charge in [0, 0.05) is 18.8 Å². The Morgan fingerprint density at radius 3 is 3.11 bits per heavy atom. The second-order valence-electron chi connectivity index (χ2n) is 4.17. The van der Waals surface area contributed by atoms with E-state index < -0.39 is 0 Å². The molecule has 1 atom stereocenters. The predicted octanol–water partition coefficient (Wildman–Crippen LogP) is 0.756. The van der Waals surface area contributed by atoms with E-state index in [0.717, 1.165) is 0 Å². The van der Waals surface area contributed by atoms with Gasteiger partial charge in [-0.15, -0.1) is 0 Å². The van der Waals surface area contributed by atoms with Gasteiger partial charge in [-0.1, -0.05) is 11.6 Å². The monoisotopic (exact) mass is 270 g/mol. The summed E-state index contributed by atoms with van der Waals surface area (Å²) in [4.78, 5) is 13.9. The normalized spacial score (nSPS) is 19.9. The van der Waals surface area contributed by atoms with Gasteiger partial charge in [-0.25, -0.2) is 0 Å². The fraction of sp³-hybridized carbons (Fsp3) is 0.417. The number of halogens is 1. The quantitative estimate of drug-likeness (QED) is 0.778. The largest absolute Gasteiger partial charge is 0.399 e. The summed E-state index contributed by atoms with van der Waals surface area (Å²) < 4.78 is 5.30. The second-order valence-corrected chi connectivity index (χ2v) is 4.57. The van der Waals surface area contributed by atoms with E-state index in [4.69, 9.17) is 27.2 Å². The Labute approximate surface area is 110 Å². The van der Waals surface area contributed by atoms with Crippen molar-refractivity contribution >= 4 is 23.2 Å². The van der Waals surface area contributed by atoms with E-state index in [1.807, 2.05) is 0 Å². The first-order chi connectivity index (χ1) is 8.61. The van der Waals surface area contributed by atoms with Gasteiger partial charge in [0.25, 0.3) is 5.91 Å². The Bertz CT molecular complexity index is 453. The smallest absolute Gasteiger partial charge is 0.255 e. The van der Waals surface area contributed by atoms with E-state index in [1.165, 1.54) is 0 Å². The first kappa shape index (κ1) is 13.1. The Kier molecular flexibility index (Phi) is 4.06. The van der Waals surface area contributed by atoms with Crippen LogP contribution < -0.4 is 5.73 Å². The van der Waals surface area contributed by atoms with Crippen LogP contribution >= 0.6 is 11.6 Å². The van der Waals surface area contributed by atoms with Crippen LogP contribution in [0.5, 0.6) is 0 Å². The van der Waals surface area contributed by atoms with E-state index in [-0.39, 0.29) is 18.6 Å². The van der Waals surface area contributed by atoms with Crippen LogP contribution in [0.25, 0.3) is 0 Å². The number of hydrogen-bond donors (Lipinski definition) is 2. The number of hydrogen-bond acceptors (Lipinski definition) is 4. The van der Waals surface area contributed by atoms with Crippen molar-refractivity contribution in [1.82, 2.24) is 4.90 Å². The molecule has 6 heteroatoms. The van der Waals surface area contributed by atoms with Gasteiger partial charge in [-0.3, -0.25) is 4.79 Å². The maximum Gasteiger partial charge on any atom is 0.255 e. The zero-order valence-corrected chi connectivity index (χ0v) is 10.6. The number of amides is 1. The van der Waals surface area contributed by atoms with E-state index in [2.05, 4.69) is 0 Å². The SMILES string of the molecule is Nc1ccc(Cl)c(C(=O)N2CCOC(CO)C2)c1. The van der Waals surface area contributed by atoms with Gasteiger partial charge in [-0.2, -0.15) is 0 Å². The molecule has 0 spiro atoms. The lowest BCUT2D eigenvalue weighted by molar-refractivity contribution is -0.0447. The Morgan fingerprint density at radius 1 is 1.61 bits per heavy atom. The molecule has 0 radical (unpaired) electrons. The van der Waals surface area contributed by atoms with Crippen molar-refractivity contribution in [2.75, 3.05) is 32.0 Å². The molecule has 3 N–H and O–H groups in total. The number of nitrogen functional groups attached to an aromatic ring is 1. The van der Waals surface area contributed by atoms with E-state index in [0.29, 0.717) is 36.0 Å². The first-order valence-corrected chi connectivity index (χ1v) is 6.06. The lowest BCUT2D eigenvalue weighted by Gasteiger charge is -2.32. The maximum atomic E-state index is 12.3. The van der Waals surface area contributed by atoms with Crippen molar-refractivity contribution < 1.29 is 14.6 Å². The highest BCUT2D eigenvalue weighted by Gasteiger charge is 2.25. The zero-order valence-electron chi connectivity index (χ0n) is 9.80. The summed E-state index contributed by atoms with van der Waals surface area (Å²) in [6, 6.07) is 4.82. The van der Waals surface area contributed by atoms with Gasteiger partial charge in [0.1, 0.15) is 0 Å². The molecule has 0 saturated carbocycles. The molecule has 98 valence electrons. The van der Waals surface area contributed by atoms with Crippen LogP contribution in [0, 0.1) is 0 Å². The van der Waals surface area contributed by atoms with Crippen molar-refractivity contribution in [3.05, 3.63) is 28.8 Å². The zero-order chi connectivity index (χ0) is 13.1. The van der Waals surface area contributed by atoms with Crippen molar-refractivity contribution in [3.8, 4) is 0 Å². The third-order valence-electron chi connectivity index (χ3n) is 2.85. The van der Waals surface area contributed by atoms with Gasteiger partial charge < -0.3 is 20.5 Å². The molecular formula is C12H15ClN2O3. The third-order valence-corrected chi connectivity index (χ3v) is 3.18. The van der Waals surface area contributed by atoms with Crippen LogP contribution in [0.1, 0.15) is 10.4 Å². The molecular weight excluding hydrogens is 256 g/mol. The van der Waals surface area contributed by atoms with Gasteiger partial charge in [-0.05, 0) is 18.2 Å². The standard InChI is InChI=1S/C12H15ClN2O3/c13-11-2-1-8(14)5-10(11)12(17)15-3-4-18-9(6-15)7-16/h1-2,5,9,16H,3-4,6-7,14H2. The number of benzene rings is 1.